The molecule has 0 aromatic heterocycles. The Bertz CT molecular complexity index is 1120. The number of para-hydroxylation sites is 1. The molecule has 3 rings (SSSR count). The Morgan fingerprint density at radius 3 is 2.25 bits per heavy atom. The maximum absolute atomic E-state index is 13.3. The normalized spacial score (nSPS) is 12.0. The van der Waals surface area contributed by atoms with Crippen LogP contribution in [0.5, 0.6) is 0 Å². The van der Waals surface area contributed by atoms with Crippen molar-refractivity contribution < 1.29 is 18.0 Å². The minimum atomic E-state index is -4.55. The summed E-state index contributed by atoms with van der Waals surface area (Å²) in [6, 6.07) is 17.8. The predicted molar refractivity (Wildman–Crippen MR) is 125 cm³/mol. The number of hydrogen-bond donors (Lipinski definition) is 3. The Morgan fingerprint density at radius 2 is 1.59 bits per heavy atom. The lowest BCUT2D eigenvalue weighted by molar-refractivity contribution is -0.136. The fourth-order valence-corrected chi connectivity index (χ4v) is 3.50. The zero-order valence-corrected chi connectivity index (χ0v) is 18.4. The van der Waals surface area contributed by atoms with E-state index in [-0.39, 0.29) is 10.8 Å². The molecule has 0 spiro atoms. The van der Waals surface area contributed by atoms with E-state index in [0.717, 1.165) is 11.6 Å². The maximum atomic E-state index is 13.3. The average molecular weight is 478 g/mol. The molecule has 3 N–H and O–H groups in total. The van der Waals surface area contributed by atoms with Gasteiger partial charge in [0.1, 0.15) is 6.04 Å². The first-order chi connectivity index (χ1) is 15.1. The van der Waals surface area contributed by atoms with Crippen LogP contribution >= 0.6 is 23.8 Å². The molecule has 4 nitrogen and oxygen atoms in total. The molecule has 32 heavy (non-hydrogen) atoms. The number of carbonyl (C=O) groups is 1. The van der Waals surface area contributed by atoms with Gasteiger partial charge < -0.3 is 16.0 Å². The number of halogens is 4. The molecule has 3 aromatic carbocycles. The maximum Gasteiger partial charge on any atom is 0.418 e. The highest BCUT2D eigenvalue weighted by molar-refractivity contribution is 7.80. The summed E-state index contributed by atoms with van der Waals surface area (Å²) in [6.07, 6.45) is -4.55. The molecule has 1 unspecified atom stereocenters. The van der Waals surface area contributed by atoms with E-state index < -0.39 is 23.7 Å². The quantitative estimate of drug-likeness (QED) is 0.376. The lowest BCUT2D eigenvalue weighted by atomic mass is 10.1. The predicted octanol–water partition coefficient (Wildman–Crippen LogP) is 6.33. The van der Waals surface area contributed by atoms with E-state index in [1.54, 1.807) is 55.5 Å². The molecule has 0 fully saturated rings. The van der Waals surface area contributed by atoms with Crippen molar-refractivity contribution in [3.8, 4) is 0 Å². The van der Waals surface area contributed by atoms with Gasteiger partial charge in [-0.15, -0.1) is 0 Å². The zero-order valence-electron chi connectivity index (χ0n) is 16.8. The van der Waals surface area contributed by atoms with E-state index in [1.165, 1.54) is 18.2 Å². The third kappa shape index (κ3) is 5.99. The Hall–Kier alpha value is -3.10. The second-order valence-corrected chi connectivity index (χ2v) is 7.78. The Morgan fingerprint density at radius 1 is 0.938 bits per heavy atom. The molecule has 0 bridgehead atoms. The lowest BCUT2D eigenvalue weighted by Crippen LogP contribution is -2.39. The van der Waals surface area contributed by atoms with Crippen LogP contribution in [0.3, 0.4) is 0 Å². The first-order valence-corrected chi connectivity index (χ1v) is 10.3. The van der Waals surface area contributed by atoms with Crippen LogP contribution in [0.4, 0.5) is 24.5 Å². The van der Waals surface area contributed by atoms with Crippen LogP contribution in [-0.2, 0) is 11.0 Å². The highest BCUT2D eigenvalue weighted by Gasteiger charge is 2.33. The van der Waals surface area contributed by atoms with Crippen molar-refractivity contribution in [2.75, 3.05) is 10.6 Å². The Balaban J connectivity index is 1.83. The third-order valence-corrected chi connectivity index (χ3v) is 5.05. The second-order valence-electron chi connectivity index (χ2n) is 6.93. The summed E-state index contributed by atoms with van der Waals surface area (Å²) < 4.78 is 39.9. The zero-order chi connectivity index (χ0) is 23.3. The standard InChI is InChI=1S/C23H19ClF3N3OS/c1-14-13-16(24)11-12-18(14)28-21(31)20(15-7-3-2-4-8-15)30-22(32)29-19-10-6-5-9-17(19)23(25,26)27/h2-13,20H,1H3,(H,28,31)(H2,29,30,32). The molecule has 9 heteroatoms. The summed E-state index contributed by atoms with van der Waals surface area (Å²) in [5.74, 6) is -0.435. The molecule has 0 aliphatic heterocycles. The highest BCUT2D eigenvalue weighted by atomic mass is 35.5. The van der Waals surface area contributed by atoms with Gasteiger partial charge in [-0.05, 0) is 60.6 Å². The molecule has 0 saturated carbocycles. The first kappa shape index (κ1) is 23.6. The number of anilines is 2. The number of amides is 1. The molecule has 0 aliphatic rings. The molecule has 3 aromatic rings. The van der Waals surface area contributed by atoms with Crippen molar-refractivity contribution in [2.45, 2.75) is 19.1 Å². The van der Waals surface area contributed by atoms with Gasteiger partial charge in [-0.1, -0.05) is 54.1 Å². The van der Waals surface area contributed by atoms with Gasteiger partial charge in [-0.2, -0.15) is 13.2 Å². The number of carbonyl (C=O) groups excluding carboxylic acids is 1. The summed E-state index contributed by atoms with van der Waals surface area (Å²) in [5, 5.41) is 8.61. The molecule has 0 radical (unpaired) electrons. The SMILES string of the molecule is Cc1cc(Cl)ccc1NC(=O)C(NC(=S)Nc1ccccc1C(F)(F)F)c1ccccc1. The molecule has 166 valence electrons. The van der Waals surface area contributed by atoms with E-state index in [9.17, 15) is 18.0 Å². The summed E-state index contributed by atoms with van der Waals surface area (Å²) >= 11 is 11.2. The Labute approximate surface area is 193 Å². The van der Waals surface area contributed by atoms with Gasteiger partial charge in [-0.25, -0.2) is 0 Å². The fraction of sp³-hybridized carbons (Fsp3) is 0.130. The molecule has 0 aliphatic carbocycles. The van der Waals surface area contributed by atoms with Gasteiger partial charge >= 0.3 is 6.18 Å². The van der Waals surface area contributed by atoms with Crippen molar-refractivity contribution in [1.29, 1.82) is 0 Å². The van der Waals surface area contributed by atoms with Crippen LogP contribution in [0.25, 0.3) is 0 Å². The van der Waals surface area contributed by atoms with Gasteiger partial charge in [0.15, 0.2) is 5.11 Å². The van der Waals surface area contributed by atoms with E-state index >= 15 is 0 Å². The van der Waals surface area contributed by atoms with Gasteiger partial charge in [0.2, 0.25) is 0 Å². The fourth-order valence-electron chi connectivity index (χ4n) is 3.05. The highest BCUT2D eigenvalue weighted by Crippen LogP contribution is 2.34. The number of aryl methyl sites for hydroxylation is 1. The van der Waals surface area contributed by atoms with Gasteiger partial charge in [0.25, 0.3) is 5.91 Å². The summed E-state index contributed by atoms with van der Waals surface area (Å²) in [5.41, 5.74) is 0.839. The minimum Gasteiger partial charge on any atom is -0.347 e. The molecule has 1 amide bonds. The Kier molecular flexibility index (Phi) is 7.37. The number of hydrogen-bond acceptors (Lipinski definition) is 2. The van der Waals surface area contributed by atoms with Crippen molar-refractivity contribution in [1.82, 2.24) is 5.32 Å². The van der Waals surface area contributed by atoms with Crippen molar-refractivity contribution in [3.63, 3.8) is 0 Å². The van der Waals surface area contributed by atoms with Crippen LogP contribution < -0.4 is 16.0 Å². The van der Waals surface area contributed by atoms with E-state index in [0.29, 0.717) is 16.3 Å². The minimum absolute atomic E-state index is 0.126. The van der Waals surface area contributed by atoms with Gasteiger partial charge in [-0.3, -0.25) is 4.79 Å². The second kappa shape index (κ2) is 10.0. The largest absolute Gasteiger partial charge is 0.418 e. The van der Waals surface area contributed by atoms with Crippen LogP contribution in [0.1, 0.15) is 22.7 Å². The average Bonchev–Trinajstić information content (AvgIpc) is 2.74. The number of alkyl halides is 3. The monoisotopic (exact) mass is 477 g/mol. The number of nitrogens with one attached hydrogen (secondary N) is 3. The van der Waals surface area contributed by atoms with Crippen molar-refractivity contribution in [2.24, 2.45) is 0 Å². The number of thiocarbonyl (C=S) groups is 1. The van der Waals surface area contributed by atoms with E-state index in [1.807, 2.05) is 0 Å². The smallest absolute Gasteiger partial charge is 0.347 e. The summed E-state index contributed by atoms with van der Waals surface area (Å²) in [6.45, 7) is 1.80. The van der Waals surface area contributed by atoms with E-state index in [4.69, 9.17) is 23.8 Å². The van der Waals surface area contributed by atoms with Gasteiger partial charge in [0, 0.05) is 10.7 Å². The van der Waals surface area contributed by atoms with E-state index in [2.05, 4.69) is 16.0 Å². The van der Waals surface area contributed by atoms with Crippen LogP contribution in [0, 0.1) is 6.92 Å². The summed E-state index contributed by atoms with van der Waals surface area (Å²) in [7, 11) is 0. The summed E-state index contributed by atoms with van der Waals surface area (Å²) in [4.78, 5) is 13.1. The molecular formula is C23H19ClF3N3OS. The number of benzene rings is 3. The number of rotatable bonds is 5. The topological polar surface area (TPSA) is 53.2 Å². The third-order valence-electron chi connectivity index (χ3n) is 4.60. The first-order valence-electron chi connectivity index (χ1n) is 9.51. The van der Waals surface area contributed by atoms with Crippen LogP contribution in [0.15, 0.2) is 72.8 Å². The van der Waals surface area contributed by atoms with Crippen LogP contribution in [-0.4, -0.2) is 11.0 Å². The lowest BCUT2D eigenvalue weighted by Gasteiger charge is -2.22. The molecule has 0 heterocycles. The molecular weight excluding hydrogens is 459 g/mol. The molecule has 1 atom stereocenters. The van der Waals surface area contributed by atoms with Crippen molar-refractivity contribution in [3.05, 3.63) is 94.5 Å². The van der Waals surface area contributed by atoms with Gasteiger partial charge in [0.05, 0.1) is 11.3 Å². The van der Waals surface area contributed by atoms with Crippen molar-refractivity contribution >= 4 is 46.2 Å². The molecule has 0 saturated heterocycles. The van der Waals surface area contributed by atoms with Crippen LogP contribution in [0.2, 0.25) is 5.02 Å².